The number of nitrogens with one attached hydrogen (secondary N) is 1. The molecule has 144 valence electrons. The predicted octanol–water partition coefficient (Wildman–Crippen LogP) is 6.21. The van der Waals surface area contributed by atoms with Crippen LogP contribution in [0.25, 0.3) is 11.3 Å². The molecule has 5 rings (SSSR count). The van der Waals surface area contributed by atoms with Gasteiger partial charge in [0.2, 0.25) is 0 Å². The van der Waals surface area contributed by atoms with Crippen LogP contribution in [0.3, 0.4) is 0 Å². The maximum atomic E-state index is 6.19. The molecule has 2 aromatic heterocycles. The van der Waals surface area contributed by atoms with Crippen molar-refractivity contribution in [3.8, 4) is 11.3 Å². The molecule has 5 heteroatoms. The van der Waals surface area contributed by atoms with Crippen LogP contribution in [0.2, 0.25) is 5.02 Å². The van der Waals surface area contributed by atoms with E-state index < -0.39 is 0 Å². The van der Waals surface area contributed by atoms with Gasteiger partial charge >= 0.3 is 0 Å². The molecule has 0 saturated heterocycles. The molecule has 0 bridgehead atoms. The van der Waals surface area contributed by atoms with Gasteiger partial charge in [-0.25, -0.2) is 4.98 Å². The lowest BCUT2D eigenvalue weighted by Gasteiger charge is -2.14. The van der Waals surface area contributed by atoms with E-state index in [1.54, 1.807) is 12.5 Å². The van der Waals surface area contributed by atoms with E-state index in [-0.39, 0.29) is 0 Å². The second kappa shape index (κ2) is 7.72. The number of benzene rings is 2. The maximum Gasteiger partial charge on any atom is 0.198 e. The normalized spacial score (nSPS) is 12.7. The summed E-state index contributed by atoms with van der Waals surface area (Å²) in [7, 11) is 0. The lowest BCUT2D eigenvalue weighted by atomic mass is 10.1. The largest absolute Gasteiger partial charge is 0.449 e. The third kappa shape index (κ3) is 3.89. The summed E-state index contributed by atoms with van der Waals surface area (Å²) in [5.74, 6) is 0.726. The zero-order valence-corrected chi connectivity index (χ0v) is 16.6. The van der Waals surface area contributed by atoms with Crippen LogP contribution >= 0.6 is 11.6 Å². The third-order valence-electron chi connectivity index (χ3n) is 5.24. The summed E-state index contributed by atoms with van der Waals surface area (Å²) in [5.41, 5.74) is 7.84. The molecule has 2 aromatic carbocycles. The number of halogens is 1. The molecule has 0 fully saturated rings. The predicted molar refractivity (Wildman–Crippen MR) is 116 cm³/mol. The third-order valence-corrected chi connectivity index (χ3v) is 5.48. The van der Waals surface area contributed by atoms with Crippen LogP contribution in [-0.2, 0) is 19.3 Å². The first-order chi connectivity index (χ1) is 14.2. The van der Waals surface area contributed by atoms with Crippen molar-refractivity contribution in [3.05, 3.63) is 94.8 Å². The Morgan fingerprint density at radius 3 is 2.72 bits per heavy atom. The van der Waals surface area contributed by atoms with Crippen molar-refractivity contribution in [2.45, 2.75) is 25.7 Å². The number of anilines is 2. The van der Waals surface area contributed by atoms with Gasteiger partial charge in [-0.2, -0.15) is 0 Å². The highest BCUT2D eigenvalue weighted by atomic mass is 35.5. The van der Waals surface area contributed by atoms with Gasteiger partial charge in [0.15, 0.2) is 5.89 Å². The van der Waals surface area contributed by atoms with Crippen LogP contribution in [0, 0.1) is 0 Å². The average Bonchev–Trinajstić information content (AvgIpc) is 3.41. The molecule has 0 atom stereocenters. The molecule has 0 aliphatic heterocycles. The van der Waals surface area contributed by atoms with E-state index in [2.05, 4.69) is 46.7 Å². The van der Waals surface area contributed by atoms with Crippen LogP contribution in [0.1, 0.15) is 29.1 Å². The van der Waals surface area contributed by atoms with E-state index in [0.717, 1.165) is 58.4 Å². The van der Waals surface area contributed by atoms with Crippen molar-refractivity contribution < 1.29 is 4.42 Å². The van der Waals surface area contributed by atoms with Crippen LogP contribution in [0.5, 0.6) is 0 Å². The lowest BCUT2D eigenvalue weighted by molar-refractivity contribution is 0.507. The van der Waals surface area contributed by atoms with Crippen LogP contribution in [0.15, 0.2) is 71.5 Å². The molecule has 29 heavy (non-hydrogen) atoms. The molecule has 0 radical (unpaired) electrons. The number of fused-ring (bicyclic) bond motifs is 1. The Morgan fingerprint density at radius 2 is 1.93 bits per heavy atom. The smallest absolute Gasteiger partial charge is 0.198 e. The van der Waals surface area contributed by atoms with Crippen molar-refractivity contribution in [2.75, 3.05) is 5.32 Å². The van der Waals surface area contributed by atoms with Gasteiger partial charge in [-0.1, -0.05) is 35.9 Å². The average molecular weight is 402 g/mol. The second-order valence-corrected chi connectivity index (χ2v) is 7.71. The van der Waals surface area contributed by atoms with Gasteiger partial charge in [-0.15, -0.1) is 0 Å². The van der Waals surface area contributed by atoms with Crippen LogP contribution in [0.4, 0.5) is 11.4 Å². The van der Waals surface area contributed by atoms with E-state index >= 15 is 0 Å². The minimum absolute atomic E-state index is 0.691. The number of rotatable bonds is 5. The van der Waals surface area contributed by atoms with Gasteiger partial charge in [0.1, 0.15) is 6.26 Å². The van der Waals surface area contributed by atoms with E-state index in [1.807, 2.05) is 18.2 Å². The summed E-state index contributed by atoms with van der Waals surface area (Å²) < 4.78 is 5.33. The van der Waals surface area contributed by atoms with Crippen molar-refractivity contribution in [1.82, 2.24) is 9.97 Å². The fourth-order valence-electron chi connectivity index (χ4n) is 3.83. The first-order valence-corrected chi connectivity index (χ1v) is 10.2. The highest BCUT2D eigenvalue weighted by Crippen LogP contribution is 2.34. The highest BCUT2D eigenvalue weighted by molar-refractivity contribution is 6.30. The summed E-state index contributed by atoms with van der Waals surface area (Å²) >= 11 is 6.19. The summed E-state index contributed by atoms with van der Waals surface area (Å²) in [6, 6.07) is 18.4. The Kier molecular flexibility index (Phi) is 4.78. The van der Waals surface area contributed by atoms with Crippen LogP contribution in [-0.4, -0.2) is 9.97 Å². The standard InChI is InChI=1S/C24H20ClN3O/c25-18-4-1-3-17(14-18)22-15-23(20-5-2-6-21(20)28-22)27-19-9-7-16(8-10-19)13-24-26-11-12-29-24/h1,3-4,7-12,14-15H,2,5-6,13H2,(H,27,28). The molecular formula is C24H20ClN3O. The summed E-state index contributed by atoms with van der Waals surface area (Å²) in [6.45, 7) is 0. The Balaban J connectivity index is 1.43. The summed E-state index contributed by atoms with van der Waals surface area (Å²) in [6.07, 6.45) is 7.19. The van der Waals surface area contributed by atoms with E-state index in [1.165, 1.54) is 11.3 Å². The van der Waals surface area contributed by atoms with Crippen molar-refractivity contribution in [1.29, 1.82) is 0 Å². The topological polar surface area (TPSA) is 51.0 Å². The number of oxazole rings is 1. The van der Waals surface area contributed by atoms with E-state index in [9.17, 15) is 0 Å². The van der Waals surface area contributed by atoms with Gasteiger partial charge in [0.05, 0.1) is 11.9 Å². The molecule has 4 aromatic rings. The van der Waals surface area contributed by atoms with Crippen molar-refractivity contribution in [3.63, 3.8) is 0 Å². The number of nitrogens with zero attached hydrogens (tertiary/aromatic N) is 2. The molecule has 0 saturated carbocycles. The fourth-order valence-corrected chi connectivity index (χ4v) is 4.02. The van der Waals surface area contributed by atoms with Crippen LogP contribution < -0.4 is 5.32 Å². The Morgan fingerprint density at radius 1 is 1.03 bits per heavy atom. The zero-order valence-electron chi connectivity index (χ0n) is 15.9. The van der Waals surface area contributed by atoms with E-state index in [0.29, 0.717) is 6.42 Å². The first kappa shape index (κ1) is 18.0. The Hall–Kier alpha value is -3.11. The van der Waals surface area contributed by atoms with Crippen molar-refractivity contribution >= 4 is 23.0 Å². The number of hydrogen-bond acceptors (Lipinski definition) is 4. The first-order valence-electron chi connectivity index (χ1n) is 9.78. The summed E-state index contributed by atoms with van der Waals surface area (Å²) in [4.78, 5) is 9.09. The molecule has 2 heterocycles. The van der Waals surface area contributed by atoms with Gasteiger partial charge in [-0.05, 0) is 60.7 Å². The molecule has 0 unspecified atom stereocenters. The SMILES string of the molecule is Clc1cccc(-c2cc(Nc3ccc(Cc4ncco4)cc3)c3c(n2)CCC3)c1. The molecule has 1 aliphatic carbocycles. The Labute approximate surface area is 174 Å². The summed E-state index contributed by atoms with van der Waals surface area (Å²) in [5, 5.41) is 4.33. The Bertz CT molecular complexity index is 1140. The highest BCUT2D eigenvalue weighted by Gasteiger charge is 2.19. The van der Waals surface area contributed by atoms with Gasteiger partial charge in [0, 0.05) is 34.1 Å². The zero-order chi connectivity index (χ0) is 19.6. The number of pyridine rings is 1. The maximum absolute atomic E-state index is 6.19. The van der Waals surface area contributed by atoms with Gasteiger partial charge in [-0.3, -0.25) is 4.98 Å². The lowest BCUT2D eigenvalue weighted by Crippen LogP contribution is -2.00. The van der Waals surface area contributed by atoms with Gasteiger partial charge in [0.25, 0.3) is 0 Å². The van der Waals surface area contributed by atoms with Crippen molar-refractivity contribution in [2.24, 2.45) is 0 Å². The number of aromatic nitrogens is 2. The molecular weight excluding hydrogens is 382 g/mol. The fraction of sp³-hybridized carbons (Fsp3) is 0.167. The molecule has 1 aliphatic rings. The minimum Gasteiger partial charge on any atom is -0.449 e. The quantitative estimate of drug-likeness (QED) is 0.431. The second-order valence-electron chi connectivity index (χ2n) is 7.27. The monoisotopic (exact) mass is 401 g/mol. The number of hydrogen-bond donors (Lipinski definition) is 1. The molecule has 4 nitrogen and oxygen atoms in total. The molecule has 0 spiro atoms. The molecule has 0 amide bonds. The van der Waals surface area contributed by atoms with Gasteiger partial charge < -0.3 is 9.73 Å². The minimum atomic E-state index is 0.691. The van der Waals surface area contributed by atoms with E-state index in [4.69, 9.17) is 21.0 Å². The number of aryl methyl sites for hydroxylation is 1. The molecule has 1 N–H and O–H groups in total.